The van der Waals surface area contributed by atoms with Gasteiger partial charge >= 0.3 is 5.97 Å². The van der Waals surface area contributed by atoms with Crippen LogP contribution in [0.5, 0.6) is 5.75 Å². The Labute approximate surface area is 160 Å². The van der Waals surface area contributed by atoms with Gasteiger partial charge in [-0.2, -0.15) is 0 Å². The second-order valence-electron chi connectivity index (χ2n) is 5.69. The number of carboxylic acids is 1. The van der Waals surface area contributed by atoms with Crippen molar-refractivity contribution in [3.8, 4) is 16.9 Å². The minimum Gasteiger partial charge on any atom is -0.496 e. The molecule has 0 unspecified atom stereocenters. The first-order chi connectivity index (χ1) is 12.6. The summed E-state index contributed by atoms with van der Waals surface area (Å²) in [6.45, 7) is 0. The summed E-state index contributed by atoms with van der Waals surface area (Å²) in [6, 6.07) is 23.5. The number of hydrogen-bond acceptors (Lipinski definition) is 2. The van der Waals surface area contributed by atoms with Crippen LogP contribution in [0.1, 0.15) is 11.1 Å². The highest BCUT2D eigenvalue weighted by Crippen LogP contribution is 2.32. The Bertz CT molecular complexity index is 945. The van der Waals surface area contributed by atoms with Gasteiger partial charge < -0.3 is 9.84 Å². The van der Waals surface area contributed by atoms with Gasteiger partial charge in [0.05, 0.1) is 11.6 Å². The predicted octanol–water partition coefficient (Wildman–Crippen LogP) is 5.64. The Kier molecular flexibility index (Phi) is 5.54. The van der Waals surface area contributed by atoms with Gasteiger partial charge in [0, 0.05) is 6.08 Å². The summed E-state index contributed by atoms with van der Waals surface area (Å²) in [6.07, 6.45) is 1.23. The third-order valence-electron chi connectivity index (χ3n) is 4.03. The van der Waals surface area contributed by atoms with Crippen molar-refractivity contribution < 1.29 is 14.6 Å². The molecular formula is C22H17BrO3. The first kappa shape index (κ1) is 18.0. The van der Waals surface area contributed by atoms with Gasteiger partial charge in [0.15, 0.2) is 0 Å². The van der Waals surface area contributed by atoms with E-state index >= 15 is 0 Å². The predicted molar refractivity (Wildman–Crippen MR) is 107 cm³/mol. The van der Waals surface area contributed by atoms with Crippen LogP contribution in [0.15, 0.2) is 83.3 Å². The standard InChI is InChI=1S/C22H17BrO3/c1-26-21-12-11-18(13-20(21)23)19(14-22(24)25)17-9-7-16(8-10-17)15-5-3-2-4-6-15/h2-14H,1H3,(H,24,25). The summed E-state index contributed by atoms with van der Waals surface area (Å²) in [5.74, 6) is -0.290. The van der Waals surface area contributed by atoms with Gasteiger partial charge in [0.1, 0.15) is 5.75 Å². The smallest absolute Gasteiger partial charge is 0.328 e. The largest absolute Gasteiger partial charge is 0.496 e. The lowest BCUT2D eigenvalue weighted by Gasteiger charge is -2.11. The number of hydrogen-bond donors (Lipinski definition) is 1. The van der Waals surface area contributed by atoms with E-state index in [9.17, 15) is 9.90 Å². The molecule has 0 saturated carbocycles. The normalized spacial score (nSPS) is 11.2. The molecule has 0 amide bonds. The molecule has 0 heterocycles. The Morgan fingerprint density at radius 1 is 0.923 bits per heavy atom. The molecule has 1 N–H and O–H groups in total. The van der Waals surface area contributed by atoms with Gasteiger partial charge in [-0.25, -0.2) is 4.79 Å². The lowest BCUT2D eigenvalue weighted by Crippen LogP contribution is -1.96. The summed E-state index contributed by atoms with van der Waals surface area (Å²) >= 11 is 3.46. The SMILES string of the molecule is COc1ccc(C(=CC(=O)O)c2ccc(-c3ccccc3)cc2)cc1Br. The van der Waals surface area contributed by atoms with Crippen molar-refractivity contribution in [3.63, 3.8) is 0 Å². The van der Waals surface area contributed by atoms with E-state index in [0.29, 0.717) is 11.3 Å². The van der Waals surface area contributed by atoms with Crippen molar-refractivity contribution in [1.82, 2.24) is 0 Å². The summed E-state index contributed by atoms with van der Waals surface area (Å²) in [4.78, 5) is 11.3. The Hall–Kier alpha value is -2.85. The van der Waals surface area contributed by atoms with Gasteiger partial charge in [-0.05, 0) is 55.9 Å². The maximum atomic E-state index is 11.3. The number of benzene rings is 3. The highest BCUT2D eigenvalue weighted by Gasteiger charge is 2.10. The minimum absolute atomic E-state index is 0.639. The van der Waals surface area contributed by atoms with Gasteiger partial charge in [0.2, 0.25) is 0 Å². The molecule has 0 radical (unpaired) electrons. The second kappa shape index (κ2) is 8.02. The van der Waals surface area contributed by atoms with Crippen LogP contribution in [-0.2, 0) is 4.79 Å². The number of carbonyl (C=O) groups is 1. The molecule has 0 aliphatic carbocycles. The second-order valence-corrected chi connectivity index (χ2v) is 6.54. The molecule has 4 heteroatoms. The van der Waals surface area contributed by atoms with E-state index < -0.39 is 5.97 Å². The average Bonchev–Trinajstić information content (AvgIpc) is 2.67. The molecule has 0 atom stereocenters. The third-order valence-corrected chi connectivity index (χ3v) is 4.65. The third kappa shape index (κ3) is 4.03. The number of halogens is 1. The summed E-state index contributed by atoms with van der Waals surface area (Å²) in [5, 5.41) is 9.30. The van der Waals surface area contributed by atoms with Crippen molar-refractivity contribution in [2.24, 2.45) is 0 Å². The zero-order valence-electron chi connectivity index (χ0n) is 14.1. The molecule has 3 aromatic carbocycles. The number of ether oxygens (including phenoxy) is 1. The summed E-state index contributed by atoms with van der Waals surface area (Å²) in [5.41, 5.74) is 4.48. The monoisotopic (exact) mass is 408 g/mol. The topological polar surface area (TPSA) is 46.5 Å². The Morgan fingerprint density at radius 2 is 1.54 bits per heavy atom. The van der Waals surface area contributed by atoms with E-state index in [1.807, 2.05) is 72.8 Å². The van der Waals surface area contributed by atoms with E-state index in [1.165, 1.54) is 6.08 Å². The van der Waals surface area contributed by atoms with Crippen LogP contribution in [0.3, 0.4) is 0 Å². The average molecular weight is 409 g/mol. The van der Waals surface area contributed by atoms with E-state index in [2.05, 4.69) is 15.9 Å². The highest BCUT2D eigenvalue weighted by molar-refractivity contribution is 9.10. The molecule has 0 aliphatic heterocycles. The van der Waals surface area contributed by atoms with Crippen LogP contribution in [0, 0.1) is 0 Å². The molecule has 0 aliphatic rings. The maximum absolute atomic E-state index is 11.3. The molecule has 130 valence electrons. The quantitative estimate of drug-likeness (QED) is 0.555. The fraction of sp³-hybridized carbons (Fsp3) is 0.0455. The van der Waals surface area contributed by atoms with Crippen molar-refractivity contribution in [2.75, 3.05) is 7.11 Å². The van der Waals surface area contributed by atoms with Gasteiger partial charge in [-0.3, -0.25) is 0 Å². The molecule has 3 nitrogen and oxygen atoms in total. The number of aliphatic carboxylic acids is 1. The lowest BCUT2D eigenvalue weighted by molar-refractivity contribution is -0.131. The first-order valence-electron chi connectivity index (χ1n) is 8.03. The first-order valence-corrected chi connectivity index (χ1v) is 8.82. The lowest BCUT2D eigenvalue weighted by atomic mass is 9.95. The van der Waals surface area contributed by atoms with Crippen molar-refractivity contribution in [3.05, 3.63) is 94.5 Å². The molecule has 3 rings (SSSR count). The van der Waals surface area contributed by atoms with Crippen LogP contribution in [0.4, 0.5) is 0 Å². The molecule has 0 bridgehead atoms. The summed E-state index contributed by atoms with van der Waals surface area (Å²) < 4.78 is 6.02. The fourth-order valence-electron chi connectivity index (χ4n) is 2.76. The van der Waals surface area contributed by atoms with Crippen molar-refractivity contribution in [2.45, 2.75) is 0 Å². The molecule has 0 aromatic heterocycles. The number of methoxy groups -OCH3 is 1. The van der Waals surface area contributed by atoms with Crippen molar-refractivity contribution >= 4 is 27.5 Å². The maximum Gasteiger partial charge on any atom is 0.328 e. The van der Waals surface area contributed by atoms with Gasteiger partial charge in [-0.1, -0.05) is 60.7 Å². The minimum atomic E-state index is -0.987. The molecule has 3 aromatic rings. The number of carboxylic acid groups (broad SMARTS) is 1. The van der Waals surface area contributed by atoms with Gasteiger partial charge in [0.25, 0.3) is 0 Å². The molecule has 0 saturated heterocycles. The highest BCUT2D eigenvalue weighted by atomic mass is 79.9. The fourth-order valence-corrected chi connectivity index (χ4v) is 3.30. The van der Waals surface area contributed by atoms with E-state index in [4.69, 9.17) is 4.74 Å². The summed E-state index contributed by atoms with van der Waals surface area (Å²) in [7, 11) is 1.59. The number of rotatable bonds is 5. The van der Waals surface area contributed by atoms with Crippen LogP contribution < -0.4 is 4.74 Å². The van der Waals surface area contributed by atoms with Gasteiger partial charge in [-0.15, -0.1) is 0 Å². The zero-order valence-corrected chi connectivity index (χ0v) is 15.7. The molecule has 0 spiro atoms. The molecule has 0 fully saturated rings. The van der Waals surface area contributed by atoms with Crippen LogP contribution in [0.2, 0.25) is 0 Å². The van der Waals surface area contributed by atoms with E-state index in [-0.39, 0.29) is 0 Å². The van der Waals surface area contributed by atoms with E-state index in [0.717, 1.165) is 26.7 Å². The molecule has 26 heavy (non-hydrogen) atoms. The van der Waals surface area contributed by atoms with Crippen LogP contribution in [0.25, 0.3) is 16.7 Å². The van der Waals surface area contributed by atoms with E-state index in [1.54, 1.807) is 7.11 Å². The van der Waals surface area contributed by atoms with Crippen LogP contribution >= 0.6 is 15.9 Å². The molecular weight excluding hydrogens is 392 g/mol. The Morgan fingerprint density at radius 3 is 2.12 bits per heavy atom. The van der Waals surface area contributed by atoms with Crippen LogP contribution in [-0.4, -0.2) is 18.2 Å². The zero-order chi connectivity index (χ0) is 18.5. The Balaban J connectivity index is 2.01. The van der Waals surface area contributed by atoms with Crippen molar-refractivity contribution in [1.29, 1.82) is 0 Å².